The fraction of sp³-hybridized carbons (Fsp3) is 0.290. The minimum Gasteiger partial charge on any atom is -0.494 e. The van der Waals surface area contributed by atoms with E-state index in [2.05, 4.69) is 16.8 Å². The van der Waals surface area contributed by atoms with E-state index >= 15 is 0 Å². The Bertz CT molecular complexity index is 1550. The lowest BCUT2D eigenvalue weighted by Crippen LogP contribution is -2.44. The lowest BCUT2D eigenvalue weighted by atomic mass is 10.2. The number of sulfone groups is 1. The van der Waals surface area contributed by atoms with E-state index in [1.54, 1.807) is 29.2 Å². The molecule has 0 N–H and O–H groups in total. The summed E-state index contributed by atoms with van der Waals surface area (Å²) in [5.41, 5.74) is 1.53. The van der Waals surface area contributed by atoms with E-state index in [4.69, 9.17) is 21.7 Å². The summed E-state index contributed by atoms with van der Waals surface area (Å²) in [6.07, 6.45) is 3.94. The van der Waals surface area contributed by atoms with Gasteiger partial charge in [0, 0.05) is 39.0 Å². The van der Waals surface area contributed by atoms with Crippen LogP contribution in [-0.4, -0.2) is 81.1 Å². The van der Waals surface area contributed by atoms with Crippen molar-refractivity contribution >= 4 is 55.8 Å². The fourth-order valence-corrected chi connectivity index (χ4v) is 6.54. The number of carbonyl (C=O) groups excluding carboxylic acids is 1. The molecule has 2 aliphatic rings. The van der Waals surface area contributed by atoms with Crippen molar-refractivity contribution in [1.29, 1.82) is 0 Å². The molecule has 3 aromatic carbocycles. The molecule has 0 aliphatic carbocycles. The molecule has 2 aliphatic heterocycles. The predicted molar refractivity (Wildman–Crippen MR) is 172 cm³/mol. The number of benzene rings is 3. The summed E-state index contributed by atoms with van der Waals surface area (Å²) < 4.78 is 35.5. The van der Waals surface area contributed by atoms with Gasteiger partial charge in [-0.25, -0.2) is 8.42 Å². The number of rotatable bonds is 10. The summed E-state index contributed by atoms with van der Waals surface area (Å²) in [5, 5.41) is 0. The number of anilines is 1. The van der Waals surface area contributed by atoms with Crippen LogP contribution in [0.5, 0.6) is 17.2 Å². The van der Waals surface area contributed by atoms with Crippen LogP contribution in [0.1, 0.15) is 12.0 Å². The molecule has 1 amide bonds. The van der Waals surface area contributed by atoms with E-state index in [9.17, 15) is 13.2 Å². The highest BCUT2D eigenvalue weighted by Crippen LogP contribution is 2.37. The van der Waals surface area contributed by atoms with Gasteiger partial charge in [-0.1, -0.05) is 36.1 Å². The van der Waals surface area contributed by atoms with Crippen LogP contribution < -0.4 is 14.4 Å². The van der Waals surface area contributed by atoms with Gasteiger partial charge in [-0.3, -0.25) is 9.69 Å². The number of thiocarbonyl (C=S) groups is 1. The molecule has 0 unspecified atom stereocenters. The molecule has 0 aromatic heterocycles. The highest BCUT2D eigenvalue weighted by atomic mass is 32.2. The van der Waals surface area contributed by atoms with Crippen LogP contribution in [0, 0.1) is 0 Å². The van der Waals surface area contributed by atoms with Crippen molar-refractivity contribution in [3.8, 4) is 17.2 Å². The van der Waals surface area contributed by atoms with Crippen molar-refractivity contribution in [2.24, 2.45) is 0 Å². The second kappa shape index (κ2) is 13.4. The number of ether oxygens (including phenoxy) is 2. The van der Waals surface area contributed by atoms with Crippen LogP contribution in [-0.2, 0) is 14.6 Å². The van der Waals surface area contributed by atoms with Gasteiger partial charge in [-0.05, 0) is 85.8 Å². The van der Waals surface area contributed by atoms with Crippen molar-refractivity contribution in [3.05, 3.63) is 83.3 Å². The summed E-state index contributed by atoms with van der Waals surface area (Å²) >= 11 is 6.80. The number of piperazine rings is 1. The quantitative estimate of drug-likeness (QED) is 0.170. The highest BCUT2D eigenvalue weighted by molar-refractivity contribution is 8.27. The van der Waals surface area contributed by atoms with Gasteiger partial charge < -0.3 is 19.3 Å². The van der Waals surface area contributed by atoms with E-state index in [1.807, 2.05) is 42.5 Å². The van der Waals surface area contributed by atoms with E-state index < -0.39 is 9.84 Å². The minimum absolute atomic E-state index is 0.169. The lowest BCUT2D eigenvalue weighted by Gasteiger charge is -2.32. The number of amides is 1. The van der Waals surface area contributed by atoms with Gasteiger partial charge in [0.1, 0.15) is 17.2 Å². The van der Waals surface area contributed by atoms with Crippen LogP contribution in [0.15, 0.2) is 82.6 Å². The van der Waals surface area contributed by atoms with Gasteiger partial charge in [0.05, 0.1) is 22.1 Å². The maximum absolute atomic E-state index is 13.2. The summed E-state index contributed by atoms with van der Waals surface area (Å²) in [7, 11) is -1.10. The minimum atomic E-state index is -3.26. The SMILES string of the molecule is CN1CCN(CCCOc2ccc(N3C(=O)/C(=C/c4ccc(Oc5ccc(S(C)(=O)=O)cc5)cc4)SC3=S)cc2)CC1. The molecule has 0 atom stereocenters. The Kier molecular flexibility index (Phi) is 9.64. The number of thioether (sulfide) groups is 1. The smallest absolute Gasteiger partial charge is 0.270 e. The van der Waals surface area contributed by atoms with Gasteiger partial charge in [0.15, 0.2) is 14.2 Å². The predicted octanol–water partition coefficient (Wildman–Crippen LogP) is 5.30. The van der Waals surface area contributed by atoms with Crippen LogP contribution in [0.25, 0.3) is 6.08 Å². The summed E-state index contributed by atoms with van der Waals surface area (Å²) in [6, 6.07) is 21.0. The van der Waals surface area contributed by atoms with Crippen molar-refractivity contribution in [2.45, 2.75) is 11.3 Å². The number of hydrogen-bond donors (Lipinski definition) is 0. The number of carbonyl (C=O) groups is 1. The molecule has 2 heterocycles. The average Bonchev–Trinajstić information content (AvgIpc) is 3.25. The second-order valence-corrected chi connectivity index (χ2v) is 14.0. The van der Waals surface area contributed by atoms with Crippen molar-refractivity contribution < 1.29 is 22.7 Å². The Morgan fingerprint density at radius 2 is 1.48 bits per heavy atom. The van der Waals surface area contributed by atoms with Gasteiger partial charge in [0.2, 0.25) is 0 Å². The first-order valence-corrected chi connectivity index (χ1v) is 16.8. The number of likely N-dealkylation sites (N-methyl/N-ethyl adjacent to an activating group) is 1. The average molecular weight is 624 g/mol. The Labute approximate surface area is 256 Å². The van der Waals surface area contributed by atoms with E-state index in [1.165, 1.54) is 30.2 Å². The Morgan fingerprint density at radius 3 is 2.10 bits per heavy atom. The van der Waals surface area contributed by atoms with Crippen molar-refractivity contribution in [3.63, 3.8) is 0 Å². The standard InChI is InChI=1S/C31H33N3O5S3/c1-32-17-19-33(20-18-32)16-3-21-38-25-10-6-24(7-11-25)34-30(35)29(41-31(34)40)22-23-4-8-26(9-5-23)39-27-12-14-28(15-13-27)42(2,36)37/h4-15,22H,3,16-21H2,1-2H3/b29-22-. The molecule has 42 heavy (non-hydrogen) atoms. The van der Waals surface area contributed by atoms with Gasteiger partial charge in [0.25, 0.3) is 5.91 Å². The molecule has 3 aromatic rings. The molecule has 220 valence electrons. The molecular weight excluding hydrogens is 591 g/mol. The van der Waals surface area contributed by atoms with Crippen LogP contribution >= 0.6 is 24.0 Å². The molecule has 11 heteroatoms. The monoisotopic (exact) mass is 623 g/mol. The van der Waals surface area contributed by atoms with E-state index in [-0.39, 0.29) is 10.8 Å². The third-order valence-electron chi connectivity index (χ3n) is 7.04. The first kappa shape index (κ1) is 30.2. The maximum atomic E-state index is 13.2. The fourth-order valence-electron chi connectivity index (χ4n) is 4.61. The molecule has 2 fully saturated rings. The van der Waals surface area contributed by atoms with Crippen molar-refractivity contribution in [1.82, 2.24) is 9.80 Å². The molecule has 0 bridgehead atoms. The van der Waals surface area contributed by atoms with E-state index in [0.29, 0.717) is 33.0 Å². The number of nitrogens with zero attached hydrogens (tertiary/aromatic N) is 3. The maximum Gasteiger partial charge on any atom is 0.270 e. The zero-order valence-corrected chi connectivity index (χ0v) is 26.0. The highest BCUT2D eigenvalue weighted by Gasteiger charge is 2.33. The zero-order chi connectivity index (χ0) is 29.7. The lowest BCUT2D eigenvalue weighted by molar-refractivity contribution is -0.113. The van der Waals surface area contributed by atoms with Gasteiger partial charge >= 0.3 is 0 Å². The molecule has 2 saturated heterocycles. The van der Waals surface area contributed by atoms with Crippen LogP contribution in [0.4, 0.5) is 5.69 Å². The third-order valence-corrected chi connectivity index (χ3v) is 9.47. The topological polar surface area (TPSA) is 79.4 Å². The molecule has 5 rings (SSSR count). The van der Waals surface area contributed by atoms with Gasteiger partial charge in [-0.15, -0.1) is 0 Å². The molecule has 0 spiro atoms. The Hall–Kier alpha value is -3.22. The molecule has 8 nitrogen and oxygen atoms in total. The van der Waals surface area contributed by atoms with E-state index in [0.717, 1.165) is 50.5 Å². The molecule has 0 radical (unpaired) electrons. The molecular formula is C31H33N3O5S3. The Balaban J connectivity index is 1.14. The first-order chi connectivity index (χ1) is 20.2. The second-order valence-electron chi connectivity index (χ2n) is 10.3. The Morgan fingerprint density at radius 1 is 0.881 bits per heavy atom. The van der Waals surface area contributed by atoms with Crippen LogP contribution in [0.2, 0.25) is 0 Å². The van der Waals surface area contributed by atoms with Crippen LogP contribution in [0.3, 0.4) is 0 Å². The number of hydrogen-bond acceptors (Lipinski definition) is 9. The largest absolute Gasteiger partial charge is 0.494 e. The normalized spacial score (nSPS) is 17.7. The summed E-state index contributed by atoms with van der Waals surface area (Å²) in [5.74, 6) is 1.72. The van der Waals surface area contributed by atoms with Crippen molar-refractivity contribution in [2.75, 3.05) is 57.5 Å². The first-order valence-electron chi connectivity index (χ1n) is 13.7. The summed E-state index contributed by atoms with van der Waals surface area (Å²) in [6.45, 7) is 6.12. The zero-order valence-electron chi connectivity index (χ0n) is 23.6. The third kappa shape index (κ3) is 7.78. The molecule has 0 saturated carbocycles. The summed E-state index contributed by atoms with van der Waals surface area (Å²) in [4.78, 5) is 20.4. The van der Waals surface area contributed by atoms with Gasteiger partial charge in [-0.2, -0.15) is 0 Å².